The minimum Gasteiger partial charge on any atom is -0.298 e. The second kappa shape index (κ2) is 4.61. The van der Waals surface area contributed by atoms with Crippen molar-refractivity contribution in [3.05, 3.63) is 71.5 Å². The molecule has 2 heteroatoms. The van der Waals surface area contributed by atoms with Crippen LogP contribution in [0.5, 0.6) is 0 Å². The fourth-order valence-electron chi connectivity index (χ4n) is 2.61. The SMILES string of the molecule is O=C(Cc1cccc(F)c1)C1(c2ccccc2)CC1. The molecule has 96 valence electrons. The highest BCUT2D eigenvalue weighted by molar-refractivity contribution is 5.94. The maximum absolute atomic E-state index is 13.1. The molecule has 0 amide bonds. The Morgan fingerprint density at radius 2 is 1.79 bits per heavy atom. The summed E-state index contributed by atoms with van der Waals surface area (Å²) in [6.45, 7) is 0. The van der Waals surface area contributed by atoms with E-state index in [2.05, 4.69) is 0 Å². The molecular formula is C17H15FO. The Morgan fingerprint density at radius 1 is 1.05 bits per heavy atom. The summed E-state index contributed by atoms with van der Waals surface area (Å²) in [5.74, 6) is -0.0841. The van der Waals surface area contributed by atoms with Gasteiger partial charge in [0.2, 0.25) is 0 Å². The van der Waals surface area contributed by atoms with E-state index in [4.69, 9.17) is 0 Å². The number of benzene rings is 2. The molecule has 0 aliphatic heterocycles. The van der Waals surface area contributed by atoms with Crippen LogP contribution in [-0.4, -0.2) is 5.78 Å². The summed E-state index contributed by atoms with van der Waals surface area (Å²) in [6.07, 6.45) is 2.13. The molecule has 0 atom stereocenters. The minimum atomic E-state index is -0.312. The molecule has 0 saturated heterocycles. The molecule has 19 heavy (non-hydrogen) atoms. The van der Waals surface area contributed by atoms with Gasteiger partial charge in [-0.05, 0) is 36.1 Å². The molecule has 0 radical (unpaired) electrons. The van der Waals surface area contributed by atoms with Gasteiger partial charge < -0.3 is 0 Å². The van der Waals surface area contributed by atoms with E-state index in [9.17, 15) is 9.18 Å². The molecule has 1 fully saturated rings. The van der Waals surface area contributed by atoms with Gasteiger partial charge in [-0.25, -0.2) is 4.39 Å². The van der Waals surface area contributed by atoms with Gasteiger partial charge in [0.15, 0.2) is 0 Å². The van der Waals surface area contributed by atoms with Crippen LogP contribution in [0.2, 0.25) is 0 Å². The van der Waals surface area contributed by atoms with E-state index in [1.54, 1.807) is 6.07 Å². The van der Waals surface area contributed by atoms with Gasteiger partial charge >= 0.3 is 0 Å². The Balaban J connectivity index is 1.82. The van der Waals surface area contributed by atoms with Gasteiger partial charge in [0.05, 0.1) is 5.41 Å². The lowest BCUT2D eigenvalue weighted by atomic mass is 9.88. The number of hydrogen-bond donors (Lipinski definition) is 0. The summed E-state index contributed by atoms with van der Waals surface area (Å²) in [5.41, 5.74) is 1.54. The molecular weight excluding hydrogens is 239 g/mol. The summed E-state index contributed by atoms with van der Waals surface area (Å²) in [4.78, 5) is 12.5. The molecule has 0 unspecified atom stereocenters. The molecule has 1 aliphatic rings. The second-order valence-electron chi connectivity index (χ2n) is 5.18. The van der Waals surface area contributed by atoms with Gasteiger partial charge in [-0.3, -0.25) is 4.79 Å². The lowest BCUT2D eigenvalue weighted by Gasteiger charge is -2.14. The first-order valence-electron chi connectivity index (χ1n) is 6.54. The fraction of sp³-hybridized carbons (Fsp3) is 0.235. The van der Waals surface area contributed by atoms with Crippen LogP contribution < -0.4 is 0 Å². The molecule has 3 rings (SSSR count). The standard InChI is InChI=1S/C17H15FO/c18-15-8-4-5-13(11-15)12-16(19)17(9-10-17)14-6-2-1-3-7-14/h1-8,11H,9-10,12H2. The Hall–Kier alpha value is -1.96. The zero-order valence-corrected chi connectivity index (χ0v) is 10.6. The Kier molecular flexibility index (Phi) is 2.94. The number of ketones is 1. The van der Waals surface area contributed by atoms with E-state index < -0.39 is 0 Å². The van der Waals surface area contributed by atoms with Crippen molar-refractivity contribution >= 4 is 5.78 Å². The largest absolute Gasteiger partial charge is 0.298 e. The number of hydrogen-bond acceptors (Lipinski definition) is 1. The predicted molar refractivity (Wildman–Crippen MR) is 72.5 cm³/mol. The van der Waals surface area contributed by atoms with Crippen LogP contribution >= 0.6 is 0 Å². The zero-order chi connectivity index (χ0) is 13.3. The third-order valence-electron chi connectivity index (χ3n) is 3.86. The zero-order valence-electron chi connectivity index (χ0n) is 10.6. The third-order valence-corrected chi connectivity index (χ3v) is 3.86. The molecule has 2 aromatic rings. The maximum atomic E-state index is 13.1. The van der Waals surface area contributed by atoms with Crippen LogP contribution in [0.3, 0.4) is 0 Å². The summed E-state index contributed by atoms with van der Waals surface area (Å²) in [6, 6.07) is 16.2. The van der Waals surface area contributed by atoms with Crippen LogP contribution in [0.1, 0.15) is 24.0 Å². The van der Waals surface area contributed by atoms with Gasteiger partial charge in [0.25, 0.3) is 0 Å². The lowest BCUT2D eigenvalue weighted by Crippen LogP contribution is -2.22. The minimum absolute atomic E-state index is 0.198. The number of carbonyl (C=O) groups is 1. The first kappa shape index (κ1) is 12.1. The molecule has 0 N–H and O–H groups in total. The van der Waals surface area contributed by atoms with Crippen molar-refractivity contribution in [2.24, 2.45) is 0 Å². The number of Topliss-reactive ketones (excluding diaryl/α,β-unsaturated/α-hetero) is 1. The summed E-state index contributed by atoms with van der Waals surface area (Å²) >= 11 is 0. The van der Waals surface area contributed by atoms with E-state index >= 15 is 0 Å². The van der Waals surface area contributed by atoms with Gasteiger partial charge in [0.1, 0.15) is 11.6 Å². The van der Waals surface area contributed by atoms with Crippen LogP contribution in [0.4, 0.5) is 4.39 Å². The average molecular weight is 254 g/mol. The van der Waals surface area contributed by atoms with Crippen molar-refractivity contribution in [1.82, 2.24) is 0 Å². The van der Waals surface area contributed by atoms with Crippen molar-refractivity contribution in [1.29, 1.82) is 0 Å². The number of halogens is 1. The first-order valence-corrected chi connectivity index (χ1v) is 6.54. The Morgan fingerprint density at radius 3 is 2.42 bits per heavy atom. The smallest absolute Gasteiger partial charge is 0.147 e. The van der Waals surface area contributed by atoms with E-state index in [1.807, 2.05) is 36.4 Å². The van der Waals surface area contributed by atoms with E-state index in [0.29, 0.717) is 6.42 Å². The molecule has 1 nitrogen and oxygen atoms in total. The highest BCUT2D eigenvalue weighted by atomic mass is 19.1. The van der Waals surface area contributed by atoms with Crippen molar-refractivity contribution in [3.8, 4) is 0 Å². The average Bonchev–Trinajstić information content (AvgIpc) is 3.21. The Bertz CT molecular complexity index is 600. The highest BCUT2D eigenvalue weighted by Crippen LogP contribution is 2.49. The fourth-order valence-corrected chi connectivity index (χ4v) is 2.61. The maximum Gasteiger partial charge on any atom is 0.147 e. The second-order valence-corrected chi connectivity index (χ2v) is 5.18. The molecule has 0 heterocycles. The van der Waals surface area contributed by atoms with Gasteiger partial charge in [-0.2, -0.15) is 0 Å². The monoisotopic (exact) mass is 254 g/mol. The van der Waals surface area contributed by atoms with Crippen LogP contribution in [0.25, 0.3) is 0 Å². The number of carbonyl (C=O) groups excluding carboxylic acids is 1. The molecule has 0 bridgehead atoms. The normalized spacial score (nSPS) is 16.1. The van der Waals surface area contributed by atoms with Gasteiger partial charge in [0, 0.05) is 6.42 Å². The van der Waals surface area contributed by atoms with E-state index in [0.717, 1.165) is 24.0 Å². The predicted octanol–water partition coefficient (Wildman–Crippen LogP) is 3.67. The van der Waals surface area contributed by atoms with Crippen LogP contribution in [-0.2, 0) is 16.6 Å². The van der Waals surface area contributed by atoms with E-state index in [-0.39, 0.29) is 17.0 Å². The molecule has 0 aromatic heterocycles. The van der Waals surface area contributed by atoms with Crippen molar-refractivity contribution < 1.29 is 9.18 Å². The van der Waals surface area contributed by atoms with Crippen molar-refractivity contribution in [2.45, 2.75) is 24.7 Å². The van der Waals surface area contributed by atoms with Gasteiger partial charge in [-0.15, -0.1) is 0 Å². The molecule has 0 spiro atoms. The third kappa shape index (κ3) is 2.30. The quantitative estimate of drug-likeness (QED) is 0.813. The van der Waals surface area contributed by atoms with Crippen LogP contribution in [0.15, 0.2) is 54.6 Å². The van der Waals surface area contributed by atoms with Crippen LogP contribution in [0, 0.1) is 5.82 Å². The molecule has 1 aliphatic carbocycles. The summed E-state index contributed by atoms with van der Waals surface area (Å²) in [7, 11) is 0. The number of rotatable bonds is 4. The van der Waals surface area contributed by atoms with Crippen molar-refractivity contribution in [2.75, 3.05) is 0 Å². The Labute approximate surface area is 112 Å². The first-order chi connectivity index (χ1) is 9.21. The van der Waals surface area contributed by atoms with Gasteiger partial charge in [-0.1, -0.05) is 42.5 Å². The van der Waals surface area contributed by atoms with E-state index in [1.165, 1.54) is 12.1 Å². The molecule has 2 aromatic carbocycles. The summed E-state index contributed by atoms with van der Waals surface area (Å²) in [5, 5.41) is 0. The topological polar surface area (TPSA) is 17.1 Å². The summed E-state index contributed by atoms with van der Waals surface area (Å²) < 4.78 is 13.1. The van der Waals surface area contributed by atoms with Crippen molar-refractivity contribution in [3.63, 3.8) is 0 Å². The lowest BCUT2D eigenvalue weighted by molar-refractivity contribution is -0.120. The molecule has 1 saturated carbocycles. The highest BCUT2D eigenvalue weighted by Gasteiger charge is 2.50.